The van der Waals surface area contributed by atoms with Crippen LogP contribution in [-0.4, -0.2) is 22.6 Å². The molecule has 1 aliphatic heterocycles. The molecule has 2 aromatic rings. The Bertz CT molecular complexity index is 606. The van der Waals surface area contributed by atoms with Crippen molar-refractivity contribution < 1.29 is 13.3 Å². The molecule has 0 amide bonds. The fourth-order valence-corrected chi connectivity index (χ4v) is 2.20. The largest absolute Gasteiger partial charge is 0.337 e. The van der Waals surface area contributed by atoms with Gasteiger partial charge in [0, 0.05) is 17.0 Å². The second kappa shape index (κ2) is 5.63. The lowest BCUT2D eigenvalue weighted by atomic mass is 10.2. The predicted octanol–water partition coefficient (Wildman–Crippen LogP) is 3.48. The van der Waals surface area contributed by atoms with E-state index in [-0.39, 0.29) is 31.3 Å². The summed E-state index contributed by atoms with van der Waals surface area (Å²) in [6.45, 7) is -0.369. The molecule has 4 nitrogen and oxygen atoms in total. The van der Waals surface area contributed by atoms with E-state index in [1.54, 1.807) is 24.3 Å². The maximum atomic E-state index is 13.1. The van der Waals surface area contributed by atoms with E-state index in [0.717, 1.165) is 0 Å². The normalized spacial score (nSPS) is 20.6. The molecule has 2 heterocycles. The minimum atomic E-state index is -2.73. The maximum absolute atomic E-state index is 13.1. The maximum Gasteiger partial charge on any atom is 0.262 e. The SMILES string of the molecule is Cl.FC1(F)CNC(c2nc(-c3cccc(Cl)c3)no2)C1. The molecular formula is C12H11Cl2F2N3O. The van der Waals surface area contributed by atoms with Gasteiger partial charge >= 0.3 is 0 Å². The molecular weight excluding hydrogens is 311 g/mol. The van der Waals surface area contributed by atoms with E-state index < -0.39 is 12.0 Å². The molecule has 0 radical (unpaired) electrons. The highest BCUT2D eigenvalue weighted by Crippen LogP contribution is 2.33. The third-order valence-corrected chi connectivity index (χ3v) is 3.17. The first-order chi connectivity index (χ1) is 9.03. The summed E-state index contributed by atoms with van der Waals surface area (Å²) in [5.74, 6) is -2.21. The molecule has 0 aliphatic carbocycles. The fourth-order valence-electron chi connectivity index (χ4n) is 2.01. The van der Waals surface area contributed by atoms with Crippen molar-refractivity contribution in [2.24, 2.45) is 0 Å². The summed E-state index contributed by atoms with van der Waals surface area (Å²) in [5.41, 5.74) is 0.687. The Kier molecular flexibility index (Phi) is 4.27. The van der Waals surface area contributed by atoms with Gasteiger partial charge in [0.2, 0.25) is 11.7 Å². The topological polar surface area (TPSA) is 51.0 Å². The summed E-state index contributed by atoms with van der Waals surface area (Å²) in [6, 6.07) is 6.35. The smallest absolute Gasteiger partial charge is 0.262 e. The Labute approximate surface area is 124 Å². The number of aromatic nitrogens is 2. The predicted molar refractivity (Wildman–Crippen MR) is 72.3 cm³/mol. The summed E-state index contributed by atoms with van der Waals surface area (Å²) >= 11 is 5.87. The monoisotopic (exact) mass is 321 g/mol. The molecule has 1 aromatic carbocycles. The number of hydrogen-bond donors (Lipinski definition) is 1. The molecule has 1 aliphatic rings. The molecule has 0 spiro atoms. The van der Waals surface area contributed by atoms with Gasteiger partial charge in [-0.2, -0.15) is 4.98 Å². The average molecular weight is 322 g/mol. The van der Waals surface area contributed by atoms with Crippen LogP contribution in [0.3, 0.4) is 0 Å². The number of nitrogens with one attached hydrogen (secondary N) is 1. The van der Waals surface area contributed by atoms with Crippen LogP contribution >= 0.6 is 24.0 Å². The van der Waals surface area contributed by atoms with Gasteiger partial charge in [-0.3, -0.25) is 5.32 Å². The summed E-state index contributed by atoms with van der Waals surface area (Å²) in [5, 5.41) is 7.01. The third kappa shape index (κ3) is 3.08. The first kappa shape index (κ1) is 15.2. The molecule has 108 valence electrons. The highest BCUT2D eigenvalue weighted by atomic mass is 35.5. The van der Waals surface area contributed by atoms with Crippen LogP contribution in [0.15, 0.2) is 28.8 Å². The van der Waals surface area contributed by atoms with Crippen molar-refractivity contribution in [1.29, 1.82) is 0 Å². The zero-order valence-electron chi connectivity index (χ0n) is 10.1. The molecule has 1 N–H and O–H groups in total. The number of benzene rings is 1. The molecule has 0 bridgehead atoms. The number of halogens is 4. The van der Waals surface area contributed by atoms with E-state index in [4.69, 9.17) is 16.1 Å². The first-order valence-corrected chi connectivity index (χ1v) is 6.12. The minimum absolute atomic E-state index is 0. The van der Waals surface area contributed by atoms with Crippen molar-refractivity contribution in [3.63, 3.8) is 0 Å². The van der Waals surface area contributed by atoms with Crippen LogP contribution in [0.5, 0.6) is 0 Å². The summed E-state index contributed by atoms with van der Waals surface area (Å²) in [7, 11) is 0. The van der Waals surface area contributed by atoms with Crippen LogP contribution < -0.4 is 5.32 Å². The average Bonchev–Trinajstić information content (AvgIpc) is 2.95. The summed E-state index contributed by atoms with van der Waals surface area (Å²) < 4.78 is 31.2. The molecule has 8 heteroatoms. The van der Waals surface area contributed by atoms with Gasteiger partial charge in [-0.1, -0.05) is 28.9 Å². The van der Waals surface area contributed by atoms with Gasteiger partial charge in [0.15, 0.2) is 0 Å². The van der Waals surface area contributed by atoms with E-state index in [1.807, 2.05) is 0 Å². The number of alkyl halides is 2. The quantitative estimate of drug-likeness (QED) is 0.920. The van der Waals surface area contributed by atoms with Crippen LogP contribution in [0.1, 0.15) is 18.4 Å². The van der Waals surface area contributed by atoms with Gasteiger partial charge in [-0.15, -0.1) is 12.4 Å². The van der Waals surface area contributed by atoms with Crippen molar-refractivity contribution in [1.82, 2.24) is 15.5 Å². The molecule has 1 atom stereocenters. The van der Waals surface area contributed by atoms with Gasteiger partial charge < -0.3 is 4.52 Å². The summed E-state index contributed by atoms with van der Waals surface area (Å²) in [6.07, 6.45) is -0.329. The standard InChI is InChI=1S/C12H10ClF2N3O.ClH/c13-8-3-1-2-7(4-8)10-17-11(19-18-10)9-5-12(14,15)6-16-9;/h1-4,9,16H,5-6H2;1H. The molecule has 1 fully saturated rings. The van der Waals surface area contributed by atoms with Crippen LogP contribution in [0.2, 0.25) is 5.02 Å². The lowest BCUT2D eigenvalue weighted by molar-refractivity contribution is 0.0200. The zero-order valence-corrected chi connectivity index (χ0v) is 11.7. The van der Waals surface area contributed by atoms with Crippen LogP contribution in [0.25, 0.3) is 11.4 Å². The molecule has 1 aromatic heterocycles. The van der Waals surface area contributed by atoms with E-state index in [9.17, 15) is 8.78 Å². The van der Waals surface area contributed by atoms with E-state index in [2.05, 4.69) is 15.5 Å². The van der Waals surface area contributed by atoms with Crippen molar-refractivity contribution in [3.05, 3.63) is 35.2 Å². The number of hydrogen-bond acceptors (Lipinski definition) is 4. The lowest BCUT2D eigenvalue weighted by Crippen LogP contribution is -2.19. The minimum Gasteiger partial charge on any atom is -0.337 e. The molecule has 3 rings (SSSR count). The van der Waals surface area contributed by atoms with Gasteiger partial charge in [0.25, 0.3) is 5.92 Å². The van der Waals surface area contributed by atoms with Crippen molar-refractivity contribution in [2.45, 2.75) is 18.4 Å². The lowest BCUT2D eigenvalue weighted by Gasteiger charge is -2.04. The molecule has 1 unspecified atom stereocenters. The summed E-state index contributed by atoms with van der Waals surface area (Å²) in [4.78, 5) is 4.14. The van der Waals surface area contributed by atoms with Crippen LogP contribution in [0.4, 0.5) is 8.78 Å². The van der Waals surface area contributed by atoms with Crippen molar-refractivity contribution >= 4 is 24.0 Å². The van der Waals surface area contributed by atoms with E-state index in [1.165, 1.54) is 0 Å². The Balaban J connectivity index is 0.00000147. The van der Waals surface area contributed by atoms with E-state index >= 15 is 0 Å². The molecule has 1 saturated heterocycles. The number of rotatable bonds is 2. The van der Waals surface area contributed by atoms with Crippen LogP contribution in [-0.2, 0) is 0 Å². The second-order valence-electron chi connectivity index (χ2n) is 4.46. The Morgan fingerprint density at radius 3 is 2.85 bits per heavy atom. The zero-order chi connectivity index (χ0) is 13.5. The first-order valence-electron chi connectivity index (χ1n) is 5.74. The van der Waals surface area contributed by atoms with Gasteiger partial charge in [0.05, 0.1) is 12.6 Å². The number of nitrogens with zero attached hydrogens (tertiary/aromatic N) is 2. The van der Waals surface area contributed by atoms with E-state index in [0.29, 0.717) is 16.4 Å². The van der Waals surface area contributed by atoms with Gasteiger partial charge in [-0.05, 0) is 12.1 Å². The fraction of sp³-hybridized carbons (Fsp3) is 0.333. The van der Waals surface area contributed by atoms with Gasteiger partial charge in [-0.25, -0.2) is 8.78 Å². The third-order valence-electron chi connectivity index (χ3n) is 2.93. The van der Waals surface area contributed by atoms with Crippen LogP contribution in [0, 0.1) is 0 Å². The Morgan fingerprint density at radius 2 is 2.20 bits per heavy atom. The Hall–Kier alpha value is -1.24. The Morgan fingerprint density at radius 1 is 1.40 bits per heavy atom. The molecule has 20 heavy (non-hydrogen) atoms. The second-order valence-corrected chi connectivity index (χ2v) is 4.90. The molecule has 0 saturated carbocycles. The van der Waals surface area contributed by atoms with Crippen molar-refractivity contribution in [2.75, 3.05) is 6.54 Å². The highest BCUT2D eigenvalue weighted by molar-refractivity contribution is 6.30. The van der Waals surface area contributed by atoms with Gasteiger partial charge in [0.1, 0.15) is 0 Å². The highest BCUT2D eigenvalue weighted by Gasteiger charge is 2.42. The van der Waals surface area contributed by atoms with Crippen molar-refractivity contribution in [3.8, 4) is 11.4 Å².